The number of methoxy groups -OCH3 is 1. The number of hydrogen-bond acceptors (Lipinski definition) is 11. The molecule has 12 nitrogen and oxygen atoms in total. The fourth-order valence-electron chi connectivity index (χ4n) is 5.03. The molecule has 0 radical (unpaired) electrons. The zero-order valence-electron chi connectivity index (χ0n) is 27.8. The van der Waals surface area contributed by atoms with E-state index in [1.54, 1.807) is 44.2 Å². The molecule has 0 aliphatic carbocycles. The summed E-state index contributed by atoms with van der Waals surface area (Å²) in [5.74, 6) is -2.16. The van der Waals surface area contributed by atoms with Gasteiger partial charge in [-0.15, -0.1) is 5.06 Å². The van der Waals surface area contributed by atoms with Crippen molar-refractivity contribution in [1.29, 1.82) is 0 Å². The van der Waals surface area contributed by atoms with Crippen LogP contribution in [0.4, 0.5) is 0 Å². The van der Waals surface area contributed by atoms with Gasteiger partial charge in [0, 0.05) is 47.6 Å². The SMILES string of the molecule is CC.CC(C)C=O.COc1ccc2c(c1)Oc1cc(OC(=O)C(C)C)ccc1C21OC(=O)c2ccc(C(=O)ON3C(=O)CCC3=O)cc21. The summed E-state index contributed by atoms with van der Waals surface area (Å²) in [7, 11) is 1.50. The highest BCUT2D eigenvalue weighted by atomic mass is 16.7. The minimum absolute atomic E-state index is 0.0143. The molecule has 3 heterocycles. The zero-order valence-corrected chi connectivity index (χ0v) is 27.8. The van der Waals surface area contributed by atoms with Crippen molar-refractivity contribution in [2.45, 2.75) is 60.0 Å². The number of carbonyl (C=O) groups is 6. The summed E-state index contributed by atoms with van der Waals surface area (Å²) < 4.78 is 23.1. The van der Waals surface area contributed by atoms with E-state index >= 15 is 0 Å². The summed E-state index contributed by atoms with van der Waals surface area (Å²) in [5.41, 5.74) is -0.182. The van der Waals surface area contributed by atoms with Crippen LogP contribution in [0, 0.1) is 11.8 Å². The average molecular weight is 660 g/mol. The van der Waals surface area contributed by atoms with Crippen LogP contribution < -0.4 is 14.2 Å². The van der Waals surface area contributed by atoms with Crippen LogP contribution in [-0.4, -0.2) is 48.2 Å². The van der Waals surface area contributed by atoms with Gasteiger partial charge < -0.3 is 28.6 Å². The number of imide groups is 1. The van der Waals surface area contributed by atoms with E-state index in [-0.39, 0.29) is 47.3 Å². The van der Waals surface area contributed by atoms with E-state index in [0.29, 0.717) is 33.3 Å². The maximum Gasteiger partial charge on any atom is 0.363 e. The van der Waals surface area contributed by atoms with Crippen LogP contribution in [-0.2, 0) is 34.4 Å². The highest BCUT2D eigenvalue weighted by Gasteiger charge is 2.54. The number of aldehydes is 1. The van der Waals surface area contributed by atoms with Crippen LogP contribution in [0.5, 0.6) is 23.0 Å². The van der Waals surface area contributed by atoms with E-state index in [0.717, 1.165) is 6.29 Å². The van der Waals surface area contributed by atoms with Gasteiger partial charge in [0.25, 0.3) is 11.8 Å². The molecule has 1 fully saturated rings. The molecule has 0 aromatic heterocycles. The molecule has 0 N–H and O–H groups in total. The number of ether oxygens (including phenoxy) is 4. The molecular formula is C36H37NO11. The van der Waals surface area contributed by atoms with Gasteiger partial charge in [-0.25, -0.2) is 9.59 Å². The first kappa shape index (κ1) is 35.3. The number of benzene rings is 3. The van der Waals surface area contributed by atoms with Gasteiger partial charge in [-0.3, -0.25) is 14.4 Å². The van der Waals surface area contributed by atoms with E-state index in [9.17, 15) is 28.8 Å². The Bertz CT molecular complexity index is 1760. The Morgan fingerprint density at radius 2 is 1.40 bits per heavy atom. The Kier molecular flexibility index (Phi) is 10.7. The first-order valence-corrected chi connectivity index (χ1v) is 15.5. The third-order valence-corrected chi connectivity index (χ3v) is 7.36. The Morgan fingerprint density at radius 1 is 0.833 bits per heavy atom. The van der Waals surface area contributed by atoms with Crippen molar-refractivity contribution in [2.75, 3.05) is 7.11 Å². The number of hydrogen-bond donors (Lipinski definition) is 0. The minimum atomic E-state index is -1.56. The van der Waals surface area contributed by atoms with Crippen molar-refractivity contribution in [3.63, 3.8) is 0 Å². The summed E-state index contributed by atoms with van der Waals surface area (Å²) in [6.07, 6.45) is 0.820. The summed E-state index contributed by atoms with van der Waals surface area (Å²) in [6.45, 7) is 11.1. The molecular weight excluding hydrogens is 622 g/mol. The van der Waals surface area contributed by atoms with Crippen LogP contribution in [0.25, 0.3) is 0 Å². The second-order valence-corrected chi connectivity index (χ2v) is 11.4. The third-order valence-electron chi connectivity index (χ3n) is 7.36. The van der Waals surface area contributed by atoms with Gasteiger partial charge in [0.05, 0.1) is 24.2 Å². The number of amides is 2. The van der Waals surface area contributed by atoms with Crippen LogP contribution in [0.15, 0.2) is 54.6 Å². The summed E-state index contributed by atoms with van der Waals surface area (Å²) in [6, 6.07) is 13.9. The van der Waals surface area contributed by atoms with E-state index in [2.05, 4.69) is 0 Å². The molecule has 1 saturated heterocycles. The summed E-state index contributed by atoms with van der Waals surface area (Å²) >= 11 is 0. The normalized spacial score (nSPS) is 16.8. The molecule has 1 unspecified atom stereocenters. The van der Waals surface area contributed by atoms with E-state index in [1.165, 1.54) is 31.4 Å². The molecule has 3 aromatic carbocycles. The van der Waals surface area contributed by atoms with Gasteiger partial charge in [-0.05, 0) is 42.5 Å². The standard InChI is InChI=1S/C30H23NO10.C4H8O.C2H6/c1-15(2)27(34)38-18-6-9-21-24(14-18)39-23-13-17(37-3)5-8-20(23)30(21)22-12-16(4-7-19(22)29(36)40-30)28(35)41-31-25(32)10-11-26(31)33;1-4(2)3-5;1-2/h4-9,12-15H,10-11H2,1-3H3;3-4H,1-2H3;1-2H3. The number of esters is 2. The monoisotopic (exact) mass is 659 g/mol. The first-order valence-electron chi connectivity index (χ1n) is 15.5. The van der Waals surface area contributed by atoms with Crippen LogP contribution in [0.3, 0.4) is 0 Å². The van der Waals surface area contributed by atoms with Crippen molar-refractivity contribution in [2.24, 2.45) is 11.8 Å². The average Bonchev–Trinajstić information content (AvgIpc) is 3.55. The largest absolute Gasteiger partial charge is 0.497 e. The quantitative estimate of drug-likeness (QED) is 0.134. The molecule has 1 spiro atoms. The maximum atomic E-state index is 13.2. The molecule has 3 aliphatic heterocycles. The highest BCUT2D eigenvalue weighted by molar-refractivity contribution is 6.03. The van der Waals surface area contributed by atoms with Crippen molar-refractivity contribution < 1.29 is 52.6 Å². The fraction of sp³-hybridized carbons (Fsp3) is 0.333. The predicted molar refractivity (Wildman–Crippen MR) is 170 cm³/mol. The van der Waals surface area contributed by atoms with Gasteiger partial charge in [0.15, 0.2) is 5.60 Å². The Morgan fingerprint density at radius 3 is 1.94 bits per heavy atom. The number of carbonyl (C=O) groups excluding carboxylic acids is 6. The molecule has 3 aliphatic rings. The highest BCUT2D eigenvalue weighted by Crippen LogP contribution is 2.57. The lowest BCUT2D eigenvalue weighted by molar-refractivity contribution is -0.172. The number of hydroxylamine groups is 2. The van der Waals surface area contributed by atoms with Crippen LogP contribution in [0.2, 0.25) is 0 Å². The molecule has 12 heteroatoms. The minimum Gasteiger partial charge on any atom is -0.497 e. The lowest BCUT2D eigenvalue weighted by atomic mass is 9.77. The lowest BCUT2D eigenvalue weighted by Gasteiger charge is -2.36. The Hall–Kier alpha value is -5.52. The number of fused-ring (bicyclic) bond motifs is 6. The number of rotatable bonds is 6. The van der Waals surface area contributed by atoms with Gasteiger partial charge in [-0.1, -0.05) is 41.5 Å². The van der Waals surface area contributed by atoms with Gasteiger partial charge >= 0.3 is 17.9 Å². The van der Waals surface area contributed by atoms with Crippen molar-refractivity contribution in [1.82, 2.24) is 5.06 Å². The smallest absolute Gasteiger partial charge is 0.363 e. The number of nitrogens with zero attached hydrogens (tertiary/aromatic N) is 1. The second-order valence-electron chi connectivity index (χ2n) is 11.4. The molecule has 6 rings (SSSR count). The van der Waals surface area contributed by atoms with Crippen molar-refractivity contribution in [3.8, 4) is 23.0 Å². The predicted octanol–water partition coefficient (Wildman–Crippen LogP) is 5.91. The van der Waals surface area contributed by atoms with Gasteiger partial charge in [0.1, 0.15) is 29.3 Å². The third kappa shape index (κ3) is 6.64. The summed E-state index contributed by atoms with van der Waals surface area (Å²) in [4.78, 5) is 77.1. The lowest BCUT2D eigenvalue weighted by Crippen LogP contribution is -2.34. The van der Waals surface area contributed by atoms with Crippen molar-refractivity contribution in [3.05, 3.63) is 82.4 Å². The molecule has 48 heavy (non-hydrogen) atoms. The van der Waals surface area contributed by atoms with Gasteiger partial charge in [0.2, 0.25) is 0 Å². The van der Waals surface area contributed by atoms with E-state index in [4.69, 9.17) is 23.8 Å². The molecule has 0 saturated carbocycles. The molecule has 1 atom stereocenters. The van der Waals surface area contributed by atoms with Crippen LogP contribution >= 0.6 is 0 Å². The fourth-order valence-corrected chi connectivity index (χ4v) is 5.03. The van der Waals surface area contributed by atoms with E-state index in [1.807, 2.05) is 27.7 Å². The van der Waals surface area contributed by atoms with Gasteiger partial charge in [-0.2, -0.15) is 0 Å². The molecule has 3 aromatic rings. The summed E-state index contributed by atoms with van der Waals surface area (Å²) in [5, 5.41) is 0.457. The molecule has 2 amide bonds. The second kappa shape index (κ2) is 14.5. The van der Waals surface area contributed by atoms with Crippen LogP contribution in [0.1, 0.15) is 91.8 Å². The molecule has 252 valence electrons. The van der Waals surface area contributed by atoms with E-state index < -0.39 is 35.3 Å². The maximum absolute atomic E-state index is 13.2. The van der Waals surface area contributed by atoms with Crippen molar-refractivity contribution >= 4 is 36.0 Å². The topological polar surface area (TPSA) is 152 Å². The Labute approximate surface area is 277 Å². The molecule has 0 bridgehead atoms. The Balaban J connectivity index is 0.000000682. The zero-order chi connectivity index (χ0) is 35.3. The first-order chi connectivity index (χ1) is 22.9.